The Morgan fingerprint density at radius 3 is 2.52 bits per heavy atom. The van der Waals surface area contributed by atoms with Crippen LogP contribution in [0, 0.1) is 0 Å². The fourth-order valence-electron chi connectivity index (χ4n) is 3.06. The third kappa shape index (κ3) is 3.14. The second-order valence-electron chi connectivity index (χ2n) is 6.20. The van der Waals surface area contributed by atoms with Crippen molar-refractivity contribution in [3.8, 4) is 0 Å². The van der Waals surface area contributed by atoms with Gasteiger partial charge in [-0.3, -0.25) is 0 Å². The van der Waals surface area contributed by atoms with Gasteiger partial charge in [0, 0.05) is 5.02 Å². The highest BCUT2D eigenvalue weighted by Gasteiger charge is 2.15. The molecule has 0 radical (unpaired) electrons. The Labute approximate surface area is 165 Å². The number of nitrogens with one attached hydrogen (secondary N) is 1. The van der Waals surface area contributed by atoms with Crippen molar-refractivity contribution in [3.63, 3.8) is 0 Å². The molecule has 0 amide bonds. The number of halogens is 1. The Morgan fingerprint density at radius 1 is 0.889 bits per heavy atom. The van der Waals surface area contributed by atoms with Crippen molar-refractivity contribution >= 4 is 55.8 Å². The van der Waals surface area contributed by atoms with Gasteiger partial charge in [-0.2, -0.15) is 0 Å². The minimum absolute atomic E-state index is 0.706. The van der Waals surface area contributed by atoms with Gasteiger partial charge in [-0.25, -0.2) is 9.97 Å². The highest BCUT2D eigenvalue weighted by atomic mass is 35.5. The van der Waals surface area contributed by atoms with E-state index in [1.807, 2.05) is 66.7 Å². The predicted octanol–water partition coefficient (Wildman–Crippen LogP) is 6.41. The van der Waals surface area contributed by atoms with E-state index < -0.39 is 0 Å². The topological polar surface area (TPSA) is 41.6 Å². The molecule has 0 unspecified atom stereocenters. The Hall–Kier alpha value is -2.95. The van der Waals surface area contributed by atoms with Crippen molar-refractivity contribution in [2.45, 2.75) is 0 Å². The van der Waals surface area contributed by atoms with Gasteiger partial charge in [-0.15, -0.1) is 11.3 Å². The number of hydrogen-bond acceptors (Lipinski definition) is 3. The first-order chi connectivity index (χ1) is 13.3. The summed E-state index contributed by atoms with van der Waals surface area (Å²) in [5.74, 6) is 0.801. The average Bonchev–Trinajstić information content (AvgIpc) is 3.30. The van der Waals surface area contributed by atoms with Crippen LogP contribution >= 0.6 is 22.9 Å². The lowest BCUT2D eigenvalue weighted by Crippen LogP contribution is -1.90. The van der Waals surface area contributed by atoms with E-state index in [1.165, 1.54) is 0 Å². The van der Waals surface area contributed by atoms with Crippen LogP contribution in [0.1, 0.15) is 16.4 Å². The summed E-state index contributed by atoms with van der Waals surface area (Å²) in [6.45, 7) is 0. The minimum atomic E-state index is 0.706. The lowest BCUT2D eigenvalue weighted by Gasteiger charge is -2.02. The molecular weight excluding hydrogens is 374 g/mol. The number of thiazole rings is 1. The van der Waals surface area contributed by atoms with Gasteiger partial charge < -0.3 is 4.98 Å². The summed E-state index contributed by atoms with van der Waals surface area (Å²) in [7, 11) is 0. The van der Waals surface area contributed by atoms with Crippen molar-refractivity contribution in [1.29, 1.82) is 0 Å². The number of fused-ring (bicyclic) bond motifs is 2. The molecule has 0 bridgehead atoms. The van der Waals surface area contributed by atoms with Crippen LogP contribution in [0.2, 0.25) is 5.02 Å². The molecule has 0 aliphatic heterocycles. The summed E-state index contributed by atoms with van der Waals surface area (Å²) in [6, 6.07) is 24.0. The molecule has 5 heteroatoms. The summed E-state index contributed by atoms with van der Waals surface area (Å²) in [5.41, 5.74) is 4.90. The van der Waals surface area contributed by atoms with Crippen LogP contribution in [-0.4, -0.2) is 15.0 Å². The van der Waals surface area contributed by atoms with Crippen molar-refractivity contribution < 1.29 is 0 Å². The molecule has 0 saturated carbocycles. The fraction of sp³-hybridized carbons (Fsp3) is 0. The molecule has 0 spiro atoms. The smallest absolute Gasteiger partial charge is 0.141 e. The Bertz CT molecular complexity index is 1160. The van der Waals surface area contributed by atoms with Gasteiger partial charge in [-0.05, 0) is 48.0 Å². The molecule has 0 aliphatic carbocycles. The van der Waals surface area contributed by atoms with Crippen LogP contribution in [-0.2, 0) is 0 Å². The number of benzene rings is 3. The fourth-order valence-corrected chi connectivity index (χ4v) is 4.24. The maximum absolute atomic E-state index is 6.18. The maximum atomic E-state index is 6.18. The third-order valence-electron chi connectivity index (χ3n) is 4.33. The van der Waals surface area contributed by atoms with Crippen LogP contribution in [0.15, 0.2) is 72.8 Å². The highest BCUT2D eigenvalue weighted by molar-refractivity contribution is 7.19. The predicted molar refractivity (Wildman–Crippen MR) is 114 cm³/mol. The maximum Gasteiger partial charge on any atom is 0.141 e. The minimum Gasteiger partial charge on any atom is -0.338 e. The van der Waals surface area contributed by atoms with Crippen LogP contribution in [0.3, 0.4) is 0 Å². The van der Waals surface area contributed by atoms with E-state index >= 15 is 0 Å². The lowest BCUT2D eigenvalue weighted by molar-refractivity contribution is 1.25. The van der Waals surface area contributed by atoms with E-state index in [4.69, 9.17) is 21.6 Å². The largest absolute Gasteiger partial charge is 0.338 e. The zero-order chi connectivity index (χ0) is 18.2. The number of aromatic nitrogens is 3. The number of hydrogen-bond donors (Lipinski definition) is 1. The number of aromatic amines is 1. The Balaban J connectivity index is 1.73. The molecule has 2 heterocycles. The van der Waals surface area contributed by atoms with Crippen molar-refractivity contribution in [2.24, 2.45) is 0 Å². The molecule has 130 valence electrons. The molecule has 1 N–H and O–H groups in total. The van der Waals surface area contributed by atoms with Crippen molar-refractivity contribution in [3.05, 3.63) is 94.2 Å². The first-order valence-electron chi connectivity index (χ1n) is 8.55. The Kier molecular flexibility index (Phi) is 4.00. The first kappa shape index (κ1) is 16.2. The van der Waals surface area contributed by atoms with Gasteiger partial charge in [0.05, 0.1) is 26.8 Å². The van der Waals surface area contributed by atoms with Crippen LogP contribution in [0.25, 0.3) is 32.9 Å². The average molecular weight is 388 g/mol. The van der Waals surface area contributed by atoms with Crippen LogP contribution < -0.4 is 0 Å². The lowest BCUT2D eigenvalue weighted by atomic mass is 10.1. The van der Waals surface area contributed by atoms with E-state index in [0.29, 0.717) is 5.02 Å². The van der Waals surface area contributed by atoms with E-state index in [9.17, 15) is 0 Å². The summed E-state index contributed by atoms with van der Waals surface area (Å²) in [5, 5.41) is 1.63. The second kappa shape index (κ2) is 6.65. The zero-order valence-corrected chi connectivity index (χ0v) is 15.8. The van der Waals surface area contributed by atoms with Gasteiger partial charge in [0.15, 0.2) is 0 Å². The molecule has 3 nitrogen and oxygen atoms in total. The molecule has 0 aliphatic rings. The first-order valence-corrected chi connectivity index (χ1v) is 9.74. The molecule has 27 heavy (non-hydrogen) atoms. The number of para-hydroxylation sites is 3. The van der Waals surface area contributed by atoms with E-state index in [1.54, 1.807) is 11.3 Å². The highest BCUT2D eigenvalue weighted by Crippen LogP contribution is 2.32. The second-order valence-corrected chi connectivity index (χ2v) is 7.67. The summed E-state index contributed by atoms with van der Waals surface area (Å²) in [4.78, 5) is 13.1. The quantitative estimate of drug-likeness (QED) is 0.388. The number of imidazole rings is 1. The summed E-state index contributed by atoms with van der Waals surface area (Å²) < 4.78 is 1.15. The van der Waals surface area contributed by atoms with E-state index in [2.05, 4.69) is 17.1 Å². The normalized spacial score (nSPS) is 12.1. The number of nitrogens with zero attached hydrogens (tertiary/aromatic N) is 2. The standard InChI is InChI=1S/C22H14ClN3S/c23-15-7-5-6-14(12-15)13-16(21-24-17-8-1-2-9-18(17)25-21)22-26-19-10-3-4-11-20(19)27-22/h1-13H,(H,24,25)/b16-13+. The van der Waals surface area contributed by atoms with Gasteiger partial charge in [0.2, 0.25) is 0 Å². The van der Waals surface area contributed by atoms with E-state index in [-0.39, 0.29) is 0 Å². The molecule has 5 aromatic rings. The third-order valence-corrected chi connectivity index (χ3v) is 5.63. The number of rotatable bonds is 3. The summed E-state index contributed by atoms with van der Waals surface area (Å²) >= 11 is 7.84. The number of H-pyrrole nitrogens is 1. The monoisotopic (exact) mass is 387 g/mol. The van der Waals surface area contributed by atoms with Crippen LogP contribution in [0.5, 0.6) is 0 Å². The van der Waals surface area contributed by atoms with Gasteiger partial charge >= 0.3 is 0 Å². The van der Waals surface area contributed by atoms with E-state index in [0.717, 1.165) is 43.2 Å². The molecule has 0 fully saturated rings. The summed E-state index contributed by atoms with van der Waals surface area (Å²) in [6.07, 6.45) is 2.08. The molecule has 0 saturated heterocycles. The van der Waals surface area contributed by atoms with Gasteiger partial charge in [0.1, 0.15) is 10.8 Å². The molecule has 0 atom stereocenters. The molecular formula is C22H14ClN3S. The van der Waals surface area contributed by atoms with Crippen molar-refractivity contribution in [2.75, 3.05) is 0 Å². The molecule has 5 rings (SSSR count). The molecule has 2 aromatic heterocycles. The van der Waals surface area contributed by atoms with Gasteiger partial charge in [-0.1, -0.05) is 48.0 Å². The van der Waals surface area contributed by atoms with Gasteiger partial charge in [0.25, 0.3) is 0 Å². The molecule has 3 aromatic carbocycles. The zero-order valence-electron chi connectivity index (χ0n) is 14.2. The Morgan fingerprint density at radius 2 is 1.70 bits per heavy atom. The SMILES string of the molecule is Clc1cccc(/C=C(\c2nc3ccccc3[nH]2)c2nc3ccccc3s2)c1. The van der Waals surface area contributed by atoms with Crippen molar-refractivity contribution in [1.82, 2.24) is 15.0 Å². The van der Waals surface area contributed by atoms with Crippen LogP contribution in [0.4, 0.5) is 0 Å².